The Morgan fingerprint density at radius 1 is 1.03 bits per heavy atom. The Labute approximate surface area is 229 Å². The molecular weight excluding hydrogens is 525 g/mol. The van der Waals surface area contributed by atoms with Crippen molar-refractivity contribution in [1.82, 2.24) is 14.9 Å². The Morgan fingerprint density at radius 2 is 1.87 bits per heavy atom. The summed E-state index contributed by atoms with van der Waals surface area (Å²) >= 11 is 6.42. The molecule has 9 nitrogen and oxygen atoms in total. The summed E-state index contributed by atoms with van der Waals surface area (Å²) in [5.74, 6) is 0.653. The normalized spacial score (nSPS) is 13.8. The summed E-state index contributed by atoms with van der Waals surface area (Å²) in [6, 6.07) is 14.2. The van der Waals surface area contributed by atoms with Gasteiger partial charge in [-0.2, -0.15) is 0 Å². The molecule has 1 saturated heterocycles. The van der Waals surface area contributed by atoms with E-state index in [1.807, 2.05) is 0 Å². The third-order valence-electron chi connectivity index (χ3n) is 6.50. The number of fused-ring (bicyclic) bond motifs is 1. The van der Waals surface area contributed by atoms with Gasteiger partial charge in [0.2, 0.25) is 0 Å². The highest BCUT2D eigenvalue weighted by Gasteiger charge is 2.20. The maximum Gasteiger partial charge on any atom is 0.311 e. The van der Waals surface area contributed by atoms with Crippen LogP contribution in [0.1, 0.15) is 24.8 Å². The average Bonchev–Trinajstić information content (AvgIpc) is 2.93. The van der Waals surface area contributed by atoms with E-state index in [2.05, 4.69) is 20.2 Å². The summed E-state index contributed by atoms with van der Waals surface area (Å²) in [4.78, 5) is 22.3. The first-order valence-electron chi connectivity index (χ1n) is 12.7. The van der Waals surface area contributed by atoms with Gasteiger partial charge < -0.3 is 14.8 Å². The molecule has 39 heavy (non-hydrogen) atoms. The first kappa shape index (κ1) is 26.6. The number of nitro benzene ring substituents is 1. The standard InChI is InChI=1S/C28H27ClFN5O4/c29-23-14-21(7-8-26(23)39-17-19-5-4-6-20(30)13-19)33-28-22-15-25(35(36)37)27(16-24(22)31-18-32-28)38-12-11-34-9-2-1-3-10-34/h4-8,13-16,18H,1-3,9-12,17H2,(H,31,32,33). The molecule has 0 amide bonds. The van der Waals surface area contributed by atoms with E-state index in [4.69, 9.17) is 21.1 Å². The van der Waals surface area contributed by atoms with E-state index >= 15 is 0 Å². The van der Waals surface area contributed by atoms with Crippen LogP contribution in [0, 0.1) is 15.9 Å². The fourth-order valence-electron chi connectivity index (χ4n) is 4.52. The molecule has 0 saturated carbocycles. The van der Waals surface area contributed by atoms with E-state index < -0.39 is 4.92 Å². The maximum absolute atomic E-state index is 13.4. The van der Waals surface area contributed by atoms with Crippen LogP contribution in [-0.4, -0.2) is 46.0 Å². The van der Waals surface area contributed by atoms with Crippen LogP contribution in [0.25, 0.3) is 10.9 Å². The number of likely N-dealkylation sites (tertiary alicyclic amines) is 1. The predicted molar refractivity (Wildman–Crippen MR) is 147 cm³/mol. The van der Waals surface area contributed by atoms with Gasteiger partial charge in [-0.15, -0.1) is 0 Å². The molecule has 1 aliphatic heterocycles. The SMILES string of the molecule is O=[N+]([O-])c1cc2c(Nc3ccc(OCc4cccc(F)c4)c(Cl)c3)ncnc2cc1OCCN1CCCCC1. The summed E-state index contributed by atoms with van der Waals surface area (Å²) in [6.07, 6.45) is 4.95. The van der Waals surface area contributed by atoms with Crippen LogP contribution in [0.5, 0.6) is 11.5 Å². The highest BCUT2D eigenvalue weighted by Crippen LogP contribution is 2.36. The zero-order valence-corrected chi connectivity index (χ0v) is 21.9. The minimum absolute atomic E-state index is 0.155. The van der Waals surface area contributed by atoms with Crippen LogP contribution in [0.4, 0.5) is 21.6 Å². The first-order chi connectivity index (χ1) is 19.0. The number of hydrogen-bond donors (Lipinski definition) is 1. The number of anilines is 2. The Bertz CT molecular complexity index is 1480. The molecule has 2 heterocycles. The zero-order valence-electron chi connectivity index (χ0n) is 21.1. The highest BCUT2D eigenvalue weighted by molar-refractivity contribution is 6.32. The van der Waals surface area contributed by atoms with E-state index in [0.29, 0.717) is 51.9 Å². The molecule has 0 radical (unpaired) electrons. The van der Waals surface area contributed by atoms with Crippen LogP contribution >= 0.6 is 11.6 Å². The Kier molecular flexibility index (Phi) is 8.33. The number of benzene rings is 3. The highest BCUT2D eigenvalue weighted by atomic mass is 35.5. The number of aromatic nitrogens is 2. The third kappa shape index (κ3) is 6.71. The monoisotopic (exact) mass is 551 g/mol. The Balaban J connectivity index is 1.31. The predicted octanol–water partition coefficient (Wildman–Crippen LogP) is 6.52. The van der Waals surface area contributed by atoms with Crippen molar-refractivity contribution in [3.8, 4) is 11.5 Å². The lowest BCUT2D eigenvalue weighted by Crippen LogP contribution is -2.33. The van der Waals surface area contributed by atoms with Crippen molar-refractivity contribution >= 4 is 39.7 Å². The van der Waals surface area contributed by atoms with Gasteiger partial charge in [-0.25, -0.2) is 14.4 Å². The van der Waals surface area contributed by atoms with Crippen LogP contribution in [0.15, 0.2) is 60.9 Å². The molecule has 4 aromatic rings. The van der Waals surface area contributed by atoms with E-state index in [9.17, 15) is 14.5 Å². The third-order valence-corrected chi connectivity index (χ3v) is 6.80. The smallest absolute Gasteiger partial charge is 0.311 e. The molecule has 0 bridgehead atoms. The molecule has 1 N–H and O–H groups in total. The summed E-state index contributed by atoms with van der Waals surface area (Å²) in [5, 5.41) is 15.8. The quantitative estimate of drug-likeness (QED) is 0.175. The number of nitrogens with one attached hydrogen (secondary N) is 1. The molecular formula is C28H27ClFN5O4. The second-order valence-corrected chi connectivity index (χ2v) is 9.66. The summed E-state index contributed by atoms with van der Waals surface area (Å²) in [7, 11) is 0. The molecule has 3 aromatic carbocycles. The summed E-state index contributed by atoms with van der Waals surface area (Å²) in [5.41, 5.74) is 1.63. The van der Waals surface area contributed by atoms with E-state index in [0.717, 1.165) is 13.1 Å². The zero-order chi connectivity index (χ0) is 27.2. The molecule has 202 valence electrons. The molecule has 0 unspecified atom stereocenters. The van der Waals surface area contributed by atoms with Gasteiger partial charge in [0, 0.05) is 24.4 Å². The summed E-state index contributed by atoms with van der Waals surface area (Å²) < 4.78 is 25.0. The fourth-order valence-corrected chi connectivity index (χ4v) is 4.75. The van der Waals surface area contributed by atoms with Crippen LogP contribution in [-0.2, 0) is 6.61 Å². The van der Waals surface area contributed by atoms with E-state index in [-0.39, 0.29) is 23.9 Å². The molecule has 5 rings (SSSR count). The van der Waals surface area contributed by atoms with Crippen molar-refractivity contribution in [2.24, 2.45) is 0 Å². The van der Waals surface area contributed by atoms with E-state index in [1.54, 1.807) is 36.4 Å². The van der Waals surface area contributed by atoms with Crippen LogP contribution < -0.4 is 14.8 Å². The van der Waals surface area contributed by atoms with Gasteiger partial charge in [-0.1, -0.05) is 30.2 Å². The van der Waals surface area contributed by atoms with Crippen molar-refractivity contribution in [1.29, 1.82) is 0 Å². The second kappa shape index (κ2) is 12.2. The van der Waals surface area contributed by atoms with Crippen molar-refractivity contribution in [2.45, 2.75) is 25.9 Å². The average molecular weight is 552 g/mol. The minimum atomic E-state index is -0.464. The van der Waals surface area contributed by atoms with Crippen molar-refractivity contribution < 1.29 is 18.8 Å². The minimum Gasteiger partial charge on any atom is -0.487 e. The molecule has 0 aliphatic carbocycles. The molecule has 1 aromatic heterocycles. The van der Waals surface area contributed by atoms with Gasteiger partial charge in [0.1, 0.15) is 36.9 Å². The van der Waals surface area contributed by atoms with Gasteiger partial charge in [-0.3, -0.25) is 15.0 Å². The Morgan fingerprint density at radius 3 is 2.64 bits per heavy atom. The number of halogens is 2. The van der Waals surface area contributed by atoms with Crippen LogP contribution in [0.3, 0.4) is 0 Å². The lowest BCUT2D eigenvalue weighted by atomic mass is 10.1. The van der Waals surface area contributed by atoms with Crippen molar-refractivity contribution in [2.75, 3.05) is 31.6 Å². The summed E-state index contributed by atoms with van der Waals surface area (Å²) in [6.45, 7) is 3.28. The van der Waals surface area contributed by atoms with Gasteiger partial charge in [0.05, 0.1) is 20.8 Å². The number of piperidine rings is 1. The lowest BCUT2D eigenvalue weighted by Gasteiger charge is -2.26. The molecule has 1 aliphatic rings. The van der Waals surface area contributed by atoms with Gasteiger partial charge >= 0.3 is 5.69 Å². The molecule has 0 atom stereocenters. The van der Waals surface area contributed by atoms with Gasteiger partial charge in [0.15, 0.2) is 5.75 Å². The Hall–Kier alpha value is -4.02. The second-order valence-electron chi connectivity index (χ2n) is 9.26. The van der Waals surface area contributed by atoms with Crippen LogP contribution in [0.2, 0.25) is 5.02 Å². The maximum atomic E-state index is 13.4. The molecule has 11 heteroatoms. The lowest BCUT2D eigenvalue weighted by molar-refractivity contribution is -0.385. The fraction of sp³-hybridized carbons (Fsp3) is 0.286. The number of ether oxygens (including phenoxy) is 2. The number of hydrogen-bond acceptors (Lipinski definition) is 8. The van der Waals surface area contributed by atoms with Crippen molar-refractivity contribution in [3.05, 3.63) is 87.4 Å². The number of nitrogens with zero attached hydrogens (tertiary/aromatic N) is 4. The van der Waals surface area contributed by atoms with Crippen molar-refractivity contribution in [3.63, 3.8) is 0 Å². The number of nitro groups is 1. The molecule has 1 fully saturated rings. The van der Waals surface area contributed by atoms with Gasteiger partial charge in [0.25, 0.3) is 0 Å². The topological polar surface area (TPSA) is 103 Å². The first-order valence-corrected chi connectivity index (χ1v) is 13.1. The van der Waals surface area contributed by atoms with Gasteiger partial charge in [-0.05, 0) is 61.8 Å². The van der Waals surface area contributed by atoms with E-state index in [1.165, 1.54) is 43.8 Å². The molecule has 0 spiro atoms. The number of rotatable bonds is 10. The largest absolute Gasteiger partial charge is 0.487 e.